The Labute approximate surface area is 130 Å². The van der Waals surface area contributed by atoms with Gasteiger partial charge in [-0.1, -0.05) is 28.1 Å². The van der Waals surface area contributed by atoms with Gasteiger partial charge >= 0.3 is 0 Å². The van der Waals surface area contributed by atoms with Crippen LogP contribution in [0.3, 0.4) is 0 Å². The largest absolute Gasteiger partial charge is 0.399 e. The lowest BCUT2D eigenvalue weighted by molar-refractivity contribution is 0.637. The van der Waals surface area contributed by atoms with Gasteiger partial charge in [-0.3, -0.25) is 0 Å². The maximum Gasteiger partial charge on any atom is 0.104 e. The zero-order valence-corrected chi connectivity index (χ0v) is 13.8. The molecular formula is C16H15BrN2S. The molecule has 3 rings (SSSR count). The number of anilines is 1. The molecular weight excluding hydrogens is 332 g/mol. The van der Waals surface area contributed by atoms with E-state index in [1.807, 2.05) is 12.1 Å². The summed E-state index contributed by atoms with van der Waals surface area (Å²) < 4.78 is 2.28. The molecule has 0 bridgehead atoms. The highest BCUT2D eigenvalue weighted by atomic mass is 79.9. The zero-order chi connectivity index (χ0) is 14.3. The first-order valence-corrected chi connectivity index (χ1v) is 8.00. The molecule has 1 aromatic heterocycles. The van der Waals surface area contributed by atoms with Crippen LogP contribution in [0.5, 0.6) is 0 Å². The number of halogens is 1. The van der Waals surface area contributed by atoms with Crippen LogP contribution in [-0.4, -0.2) is 4.98 Å². The molecule has 0 fully saturated rings. The predicted octanol–water partition coefficient (Wildman–Crippen LogP) is 4.97. The number of nitrogen functional groups attached to an aromatic ring is 1. The SMILES string of the molecule is CC(C)(c1ccc(N)cc1)c1nc2cc(Br)ccc2s1. The lowest BCUT2D eigenvalue weighted by atomic mass is 9.85. The number of hydrogen-bond acceptors (Lipinski definition) is 3. The van der Waals surface area contributed by atoms with Gasteiger partial charge < -0.3 is 5.73 Å². The Morgan fingerprint density at radius 2 is 1.80 bits per heavy atom. The van der Waals surface area contributed by atoms with Gasteiger partial charge in [-0.15, -0.1) is 11.3 Å². The lowest BCUT2D eigenvalue weighted by Gasteiger charge is -2.22. The number of nitrogens with zero attached hydrogens (tertiary/aromatic N) is 1. The molecule has 0 saturated heterocycles. The van der Waals surface area contributed by atoms with Crippen molar-refractivity contribution in [2.75, 3.05) is 5.73 Å². The van der Waals surface area contributed by atoms with Gasteiger partial charge in [0.15, 0.2) is 0 Å². The molecule has 0 unspecified atom stereocenters. The predicted molar refractivity (Wildman–Crippen MR) is 90.3 cm³/mol. The summed E-state index contributed by atoms with van der Waals surface area (Å²) in [5, 5.41) is 1.12. The van der Waals surface area contributed by atoms with Crippen molar-refractivity contribution in [2.24, 2.45) is 0 Å². The Kier molecular flexibility index (Phi) is 3.30. The van der Waals surface area contributed by atoms with Crippen molar-refractivity contribution >= 4 is 43.2 Å². The van der Waals surface area contributed by atoms with Crippen molar-refractivity contribution in [3.05, 3.63) is 57.5 Å². The molecule has 0 spiro atoms. The van der Waals surface area contributed by atoms with Crippen molar-refractivity contribution in [1.29, 1.82) is 0 Å². The van der Waals surface area contributed by atoms with Crippen LogP contribution in [0.25, 0.3) is 10.2 Å². The molecule has 2 N–H and O–H groups in total. The van der Waals surface area contributed by atoms with E-state index in [1.54, 1.807) is 11.3 Å². The van der Waals surface area contributed by atoms with Crippen LogP contribution in [0.15, 0.2) is 46.9 Å². The normalized spacial score (nSPS) is 11.9. The topological polar surface area (TPSA) is 38.9 Å². The Balaban J connectivity index is 2.10. The quantitative estimate of drug-likeness (QED) is 0.665. The Hall–Kier alpha value is -1.39. The van der Waals surface area contributed by atoms with E-state index >= 15 is 0 Å². The number of thiazole rings is 1. The van der Waals surface area contributed by atoms with E-state index in [2.05, 4.69) is 60.1 Å². The molecule has 20 heavy (non-hydrogen) atoms. The maximum atomic E-state index is 5.77. The summed E-state index contributed by atoms with van der Waals surface area (Å²) in [6, 6.07) is 14.3. The lowest BCUT2D eigenvalue weighted by Crippen LogP contribution is -2.18. The van der Waals surface area contributed by atoms with Crippen LogP contribution in [0.2, 0.25) is 0 Å². The fourth-order valence-corrected chi connectivity index (χ4v) is 3.61. The van der Waals surface area contributed by atoms with Crippen molar-refractivity contribution in [1.82, 2.24) is 4.98 Å². The molecule has 0 radical (unpaired) electrons. The second kappa shape index (κ2) is 4.86. The van der Waals surface area contributed by atoms with E-state index in [0.717, 1.165) is 20.7 Å². The average Bonchev–Trinajstić information content (AvgIpc) is 2.83. The summed E-state index contributed by atoms with van der Waals surface area (Å²) in [4.78, 5) is 4.80. The van der Waals surface area contributed by atoms with Crippen molar-refractivity contribution < 1.29 is 0 Å². The number of nitrogens with two attached hydrogens (primary N) is 1. The molecule has 102 valence electrons. The molecule has 0 amide bonds. The van der Waals surface area contributed by atoms with Crippen LogP contribution in [-0.2, 0) is 5.41 Å². The van der Waals surface area contributed by atoms with Crippen LogP contribution >= 0.6 is 27.3 Å². The van der Waals surface area contributed by atoms with E-state index < -0.39 is 0 Å². The fraction of sp³-hybridized carbons (Fsp3) is 0.188. The molecule has 4 heteroatoms. The van der Waals surface area contributed by atoms with E-state index in [-0.39, 0.29) is 5.41 Å². The summed E-state index contributed by atoms with van der Waals surface area (Å²) in [5.74, 6) is 0. The van der Waals surface area contributed by atoms with E-state index in [4.69, 9.17) is 10.7 Å². The van der Waals surface area contributed by atoms with E-state index in [0.29, 0.717) is 0 Å². The van der Waals surface area contributed by atoms with Gasteiger partial charge in [0, 0.05) is 15.6 Å². The minimum absolute atomic E-state index is 0.121. The van der Waals surface area contributed by atoms with Gasteiger partial charge in [0.25, 0.3) is 0 Å². The van der Waals surface area contributed by atoms with Gasteiger partial charge in [-0.05, 0) is 49.7 Å². The summed E-state index contributed by atoms with van der Waals surface area (Å²) >= 11 is 5.24. The zero-order valence-electron chi connectivity index (χ0n) is 11.4. The number of aromatic nitrogens is 1. The van der Waals surface area contributed by atoms with Gasteiger partial charge in [0.05, 0.1) is 10.2 Å². The minimum Gasteiger partial charge on any atom is -0.399 e. The third-order valence-corrected chi connectivity index (χ3v) is 5.37. The minimum atomic E-state index is -0.121. The monoisotopic (exact) mass is 346 g/mol. The molecule has 2 aromatic carbocycles. The van der Waals surface area contributed by atoms with Crippen LogP contribution in [0, 0.1) is 0 Å². The summed E-state index contributed by atoms with van der Waals surface area (Å²) in [5.41, 5.74) is 8.71. The Morgan fingerprint density at radius 3 is 2.50 bits per heavy atom. The molecule has 0 aliphatic heterocycles. The molecule has 0 aliphatic rings. The molecule has 2 nitrogen and oxygen atoms in total. The van der Waals surface area contributed by atoms with Crippen molar-refractivity contribution in [3.8, 4) is 0 Å². The second-order valence-electron chi connectivity index (χ2n) is 5.38. The first-order valence-electron chi connectivity index (χ1n) is 6.39. The van der Waals surface area contributed by atoms with Gasteiger partial charge in [0.1, 0.15) is 5.01 Å². The third kappa shape index (κ3) is 2.34. The highest BCUT2D eigenvalue weighted by Crippen LogP contribution is 2.37. The second-order valence-corrected chi connectivity index (χ2v) is 7.32. The summed E-state index contributed by atoms with van der Waals surface area (Å²) in [6.07, 6.45) is 0. The molecule has 0 saturated carbocycles. The molecule has 3 aromatic rings. The standard InChI is InChI=1S/C16H15BrN2S/c1-16(2,10-3-6-12(18)7-4-10)15-19-13-9-11(17)5-8-14(13)20-15/h3-9H,18H2,1-2H3. The van der Waals surface area contributed by atoms with Gasteiger partial charge in [-0.25, -0.2) is 4.98 Å². The number of benzene rings is 2. The van der Waals surface area contributed by atoms with Crippen LogP contribution in [0.4, 0.5) is 5.69 Å². The highest BCUT2D eigenvalue weighted by molar-refractivity contribution is 9.10. The van der Waals surface area contributed by atoms with Crippen molar-refractivity contribution in [3.63, 3.8) is 0 Å². The van der Waals surface area contributed by atoms with Gasteiger partial charge in [-0.2, -0.15) is 0 Å². The highest BCUT2D eigenvalue weighted by Gasteiger charge is 2.27. The number of rotatable bonds is 2. The molecule has 1 heterocycles. The Bertz CT molecular complexity index is 760. The van der Waals surface area contributed by atoms with Crippen molar-refractivity contribution in [2.45, 2.75) is 19.3 Å². The first-order chi connectivity index (χ1) is 9.46. The number of fused-ring (bicyclic) bond motifs is 1. The van der Waals surface area contributed by atoms with E-state index in [9.17, 15) is 0 Å². The fourth-order valence-electron chi connectivity index (χ4n) is 2.19. The van der Waals surface area contributed by atoms with Gasteiger partial charge in [0.2, 0.25) is 0 Å². The maximum absolute atomic E-state index is 5.77. The average molecular weight is 347 g/mol. The summed E-state index contributed by atoms with van der Waals surface area (Å²) in [6.45, 7) is 4.40. The molecule has 0 aliphatic carbocycles. The van der Waals surface area contributed by atoms with Crippen LogP contribution < -0.4 is 5.73 Å². The Morgan fingerprint density at radius 1 is 1.10 bits per heavy atom. The molecule has 0 atom stereocenters. The number of hydrogen-bond donors (Lipinski definition) is 1. The summed E-state index contributed by atoms with van der Waals surface area (Å²) in [7, 11) is 0. The van der Waals surface area contributed by atoms with E-state index in [1.165, 1.54) is 10.3 Å². The van der Waals surface area contributed by atoms with Crippen LogP contribution in [0.1, 0.15) is 24.4 Å². The third-order valence-electron chi connectivity index (χ3n) is 3.52. The first kappa shape index (κ1) is 13.6. The smallest absolute Gasteiger partial charge is 0.104 e.